The van der Waals surface area contributed by atoms with Crippen LogP contribution < -0.4 is 5.73 Å². The molecule has 2 nitrogen and oxygen atoms in total. The molecular weight excluding hydrogens is 100 g/mol. The highest BCUT2D eigenvalue weighted by Gasteiger charge is 2.07. The molecule has 48 valence electrons. The molecule has 0 rings (SSSR count). The second-order valence-corrected chi connectivity index (χ2v) is 2.33. The Morgan fingerprint density at radius 3 is 1.88 bits per heavy atom. The highest BCUT2D eigenvalue weighted by molar-refractivity contribution is 5.81. The maximum absolute atomic E-state index is 7.15. The lowest BCUT2D eigenvalue weighted by molar-refractivity contribution is 0.608. The average Bonchev–Trinajstić information content (AvgIpc) is 1.64. The maximum Gasteiger partial charge on any atom is 0.0102 e. The molecule has 0 bridgehead atoms. The summed E-state index contributed by atoms with van der Waals surface area (Å²) in [6.45, 7) is 5.67. The van der Waals surface area contributed by atoms with Gasteiger partial charge in [-0.1, -0.05) is 6.92 Å². The van der Waals surface area contributed by atoms with Crippen LogP contribution >= 0.6 is 0 Å². The average molecular weight is 114 g/mol. The van der Waals surface area contributed by atoms with Gasteiger partial charge in [0.15, 0.2) is 0 Å². The lowest BCUT2D eigenvalue weighted by Crippen LogP contribution is -2.28. The van der Waals surface area contributed by atoms with Crippen LogP contribution in [-0.2, 0) is 0 Å². The van der Waals surface area contributed by atoms with Gasteiger partial charge in [0, 0.05) is 17.7 Å². The van der Waals surface area contributed by atoms with E-state index >= 15 is 0 Å². The Hall–Kier alpha value is -0.370. The van der Waals surface area contributed by atoms with Gasteiger partial charge in [-0.15, -0.1) is 0 Å². The van der Waals surface area contributed by atoms with Crippen LogP contribution in [-0.4, -0.2) is 11.8 Å². The second-order valence-electron chi connectivity index (χ2n) is 2.33. The molecule has 0 aromatic heterocycles. The van der Waals surface area contributed by atoms with Crippen molar-refractivity contribution in [3.63, 3.8) is 0 Å². The summed E-state index contributed by atoms with van der Waals surface area (Å²) in [7, 11) is 0. The molecule has 0 heterocycles. The monoisotopic (exact) mass is 114 g/mol. The van der Waals surface area contributed by atoms with Crippen molar-refractivity contribution in [2.24, 2.45) is 11.7 Å². The minimum atomic E-state index is 0.118. The maximum atomic E-state index is 7.15. The van der Waals surface area contributed by atoms with Crippen LogP contribution in [0.3, 0.4) is 0 Å². The van der Waals surface area contributed by atoms with Crippen LogP contribution in [0, 0.1) is 11.3 Å². The quantitative estimate of drug-likeness (QED) is 0.517. The first kappa shape index (κ1) is 7.63. The Balaban J connectivity index is 3.64. The molecule has 2 heteroatoms. The first-order valence-electron chi connectivity index (χ1n) is 2.86. The van der Waals surface area contributed by atoms with E-state index in [1.54, 1.807) is 6.92 Å². The SMILES string of the molecule is CC(=N)C(C)C(C)N. The van der Waals surface area contributed by atoms with E-state index in [1.807, 2.05) is 13.8 Å². The van der Waals surface area contributed by atoms with Gasteiger partial charge in [0.2, 0.25) is 0 Å². The van der Waals surface area contributed by atoms with Crippen molar-refractivity contribution in [2.45, 2.75) is 26.8 Å². The summed E-state index contributed by atoms with van der Waals surface area (Å²) >= 11 is 0. The van der Waals surface area contributed by atoms with Crippen molar-refractivity contribution in [3.8, 4) is 0 Å². The van der Waals surface area contributed by atoms with Gasteiger partial charge in [0.05, 0.1) is 0 Å². The largest absolute Gasteiger partial charge is 0.327 e. The van der Waals surface area contributed by atoms with E-state index in [0.29, 0.717) is 5.71 Å². The standard InChI is InChI=1S/C6H14N2/c1-4(5(2)7)6(3)8/h4-5,8H,7H2,1-3H3. The van der Waals surface area contributed by atoms with Gasteiger partial charge >= 0.3 is 0 Å². The Bertz CT molecular complexity index is 86.5. The van der Waals surface area contributed by atoms with Crippen LogP contribution in [0.2, 0.25) is 0 Å². The molecule has 0 aliphatic carbocycles. The normalized spacial score (nSPS) is 17.5. The molecule has 0 saturated heterocycles. The number of nitrogens with two attached hydrogens (primary N) is 1. The third-order valence-corrected chi connectivity index (χ3v) is 1.47. The summed E-state index contributed by atoms with van der Waals surface area (Å²) in [6.07, 6.45) is 0. The third-order valence-electron chi connectivity index (χ3n) is 1.47. The molecular formula is C6H14N2. The molecule has 0 radical (unpaired) electrons. The summed E-state index contributed by atoms with van der Waals surface area (Å²) in [5.74, 6) is 0.231. The topological polar surface area (TPSA) is 49.9 Å². The molecule has 0 fully saturated rings. The van der Waals surface area contributed by atoms with Crippen LogP contribution in [0.5, 0.6) is 0 Å². The summed E-state index contributed by atoms with van der Waals surface area (Å²) in [5.41, 5.74) is 6.16. The van der Waals surface area contributed by atoms with Crippen molar-refractivity contribution in [1.29, 1.82) is 5.41 Å². The Kier molecular flexibility index (Phi) is 2.69. The summed E-state index contributed by atoms with van der Waals surface area (Å²) in [4.78, 5) is 0. The molecule has 0 amide bonds. The fourth-order valence-electron chi connectivity index (χ4n) is 0.394. The van der Waals surface area contributed by atoms with Crippen LogP contribution in [0.1, 0.15) is 20.8 Å². The summed E-state index contributed by atoms with van der Waals surface area (Å²) in [5, 5.41) is 7.15. The minimum Gasteiger partial charge on any atom is -0.327 e. The highest BCUT2D eigenvalue weighted by Crippen LogP contribution is 1.99. The van der Waals surface area contributed by atoms with Gasteiger partial charge in [0.25, 0.3) is 0 Å². The molecule has 8 heavy (non-hydrogen) atoms. The molecule has 0 aromatic rings. The zero-order valence-electron chi connectivity index (χ0n) is 5.73. The van der Waals surface area contributed by atoms with Crippen molar-refractivity contribution < 1.29 is 0 Å². The van der Waals surface area contributed by atoms with Crippen LogP contribution in [0.15, 0.2) is 0 Å². The summed E-state index contributed by atoms with van der Waals surface area (Å²) in [6, 6.07) is 0.118. The number of rotatable bonds is 2. The Morgan fingerprint density at radius 1 is 1.50 bits per heavy atom. The molecule has 0 spiro atoms. The van der Waals surface area contributed by atoms with Crippen molar-refractivity contribution in [1.82, 2.24) is 0 Å². The molecule has 2 unspecified atom stereocenters. The minimum absolute atomic E-state index is 0.118. The van der Waals surface area contributed by atoms with Gasteiger partial charge in [-0.3, -0.25) is 0 Å². The zero-order valence-corrected chi connectivity index (χ0v) is 5.73. The summed E-state index contributed by atoms with van der Waals surface area (Å²) < 4.78 is 0. The van der Waals surface area contributed by atoms with E-state index in [9.17, 15) is 0 Å². The Labute approximate surface area is 50.6 Å². The molecule has 0 aromatic carbocycles. The van der Waals surface area contributed by atoms with Crippen LogP contribution in [0.25, 0.3) is 0 Å². The van der Waals surface area contributed by atoms with E-state index in [0.717, 1.165) is 0 Å². The first-order chi connectivity index (χ1) is 3.55. The predicted octanol–water partition coefficient (Wildman–Crippen LogP) is 1.01. The Morgan fingerprint density at radius 2 is 1.88 bits per heavy atom. The first-order valence-corrected chi connectivity index (χ1v) is 2.86. The smallest absolute Gasteiger partial charge is 0.0102 e. The molecule has 0 aliphatic rings. The molecule has 3 N–H and O–H groups in total. The van der Waals surface area contributed by atoms with Gasteiger partial charge in [-0.05, 0) is 13.8 Å². The molecule has 0 aliphatic heterocycles. The van der Waals surface area contributed by atoms with E-state index in [-0.39, 0.29) is 12.0 Å². The van der Waals surface area contributed by atoms with Gasteiger partial charge in [-0.2, -0.15) is 0 Å². The molecule has 0 saturated carbocycles. The van der Waals surface area contributed by atoms with Gasteiger partial charge in [-0.25, -0.2) is 0 Å². The van der Waals surface area contributed by atoms with Crippen molar-refractivity contribution >= 4 is 5.71 Å². The van der Waals surface area contributed by atoms with Gasteiger partial charge in [0.1, 0.15) is 0 Å². The highest BCUT2D eigenvalue weighted by atomic mass is 14.6. The zero-order chi connectivity index (χ0) is 6.73. The van der Waals surface area contributed by atoms with E-state index in [4.69, 9.17) is 11.1 Å². The van der Waals surface area contributed by atoms with Gasteiger partial charge < -0.3 is 11.1 Å². The number of nitrogens with one attached hydrogen (secondary N) is 1. The third kappa shape index (κ3) is 2.07. The van der Waals surface area contributed by atoms with E-state index < -0.39 is 0 Å². The van der Waals surface area contributed by atoms with E-state index in [2.05, 4.69) is 0 Å². The van der Waals surface area contributed by atoms with Crippen LogP contribution in [0.4, 0.5) is 0 Å². The predicted molar refractivity (Wildman–Crippen MR) is 36.2 cm³/mol. The molecule has 2 atom stereocenters. The fraction of sp³-hybridized carbons (Fsp3) is 0.833. The number of hydrogen-bond donors (Lipinski definition) is 2. The van der Waals surface area contributed by atoms with Crippen molar-refractivity contribution in [3.05, 3.63) is 0 Å². The number of hydrogen-bond acceptors (Lipinski definition) is 2. The fourth-order valence-corrected chi connectivity index (χ4v) is 0.394. The lowest BCUT2D eigenvalue weighted by atomic mass is 10.0. The lowest BCUT2D eigenvalue weighted by Gasteiger charge is -2.12. The van der Waals surface area contributed by atoms with E-state index in [1.165, 1.54) is 0 Å². The second kappa shape index (κ2) is 2.82. The van der Waals surface area contributed by atoms with Crippen molar-refractivity contribution in [2.75, 3.05) is 0 Å².